The lowest BCUT2D eigenvalue weighted by molar-refractivity contribution is -0.0468. The zero-order valence-corrected chi connectivity index (χ0v) is 14.5. The summed E-state index contributed by atoms with van der Waals surface area (Å²) in [7, 11) is 1.57. The number of benzene rings is 2. The highest BCUT2D eigenvalue weighted by molar-refractivity contribution is 9.10. The van der Waals surface area contributed by atoms with E-state index in [1.54, 1.807) is 25.3 Å². The first kappa shape index (κ1) is 17.1. The minimum absolute atomic E-state index is 0.0738. The predicted octanol–water partition coefficient (Wildman–Crippen LogP) is 4.95. The normalized spacial score (nSPS) is 15.3. The second-order valence-electron chi connectivity index (χ2n) is 5.17. The summed E-state index contributed by atoms with van der Waals surface area (Å²) in [5, 5.41) is 0. The minimum atomic E-state index is -0.950. The van der Waals surface area contributed by atoms with Gasteiger partial charge in [-0.3, -0.25) is 0 Å². The van der Waals surface area contributed by atoms with Crippen LogP contribution in [-0.4, -0.2) is 20.3 Å². The van der Waals surface area contributed by atoms with Crippen LogP contribution in [0.15, 0.2) is 34.8 Å². The van der Waals surface area contributed by atoms with Crippen molar-refractivity contribution >= 4 is 28.1 Å². The van der Waals surface area contributed by atoms with Crippen molar-refractivity contribution in [3.63, 3.8) is 0 Å². The fourth-order valence-electron chi connectivity index (χ4n) is 2.38. The van der Waals surface area contributed by atoms with E-state index >= 15 is 0 Å². The molecule has 0 aliphatic carbocycles. The first-order valence-corrected chi connectivity index (χ1v) is 8.12. The van der Waals surface area contributed by atoms with Crippen LogP contribution in [0.5, 0.6) is 5.75 Å². The largest absolute Gasteiger partial charge is 0.497 e. The number of ether oxygens (including phenoxy) is 3. The third-order valence-electron chi connectivity index (χ3n) is 3.66. The van der Waals surface area contributed by atoms with Gasteiger partial charge in [-0.25, -0.2) is 8.78 Å². The molecule has 0 amide bonds. The van der Waals surface area contributed by atoms with Crippen LogP contribution in [0, 0.1) is 11.6 Å². The van der Waals surface area contributed by atoms with Gasteiger partial charge in [-0.05, 0) is 23.8 Å². The van der Waals surface area contributed by atoms with Crippen LogP contribution in [0.4, 0.5) is 8.78 Å². The van der Waals surface area contributed by atoms with Crippen LogP contribution in [0.25, 0.3) is 12.2 Å². The second-order valence-corrected chi connectivity index (χ2v) is 6.02. The highest BCUT2D eigenvalue weighted by Gasteiger charge is 2.24. The Morgan fingerprint density at radius 3 is 2.46 bits per heavy atom. The summed E-state index contributed by atoms with van der Waals surface area (Å²) in [6.07, 6.45) is 2.36. The lowest BCUT2D eigenvalue weighted by atomic mass is 10.1. The Morgan fingerprint density at radius 1 is 1.04 bits per heavy atom. The van der Waals surface area contributed by atoms with E-state index in [0.717, 1.165) is 10.0 Å². The van der Waals surface area contributed by atoms with Gasteiger partial charge in [0.1, 0.15) is 5.75 Å². The molecule has 0 N–H and O–H groups in total. The van der Waals surface area contributed by atoms with Crippen molar-refractivity contribution in [1.29, 1.82) is 0 Å². The molecule has 3 rings (SSSR count). The molecule has 1 heterocycles. The molecule has 0 spiro atoms. The van der Waals surface area contributed by atoms with Gasteiger partial charge in [0.25, 0.3) is 0 Å². The molecule has 1 aliphatic rings. The van der Waals surface area contributed by atoms with E-state index in [1.807, 2.05) is 6.07 Å². The Kier molecular flexibility index (Phi) is 5.28. The van der Waals surface area contributed by atoms with E-state index in [-0.39, 0.29) is 11.1 Å². The summed E-state index contributed by atoms with van der Waals surface area (Å²) in [4.78, 5) is 0. The van der Waals surface area contributed by atoms with E-state index < -0.39 is 17.9 Å². The maximum absolute atomic E-state index is 14.3. The first-order chi connectivity index (χ1) is 11.6. The van der Waals surface area contributed by atoms with Crippen LogP contribution in [0.2, 0.25) is 0 Å². The highest BCUT2D eigenvalue weighted by atomic mass is 79.9. The van der Waals surface area contributed by atoms with E-state index in [2.05, 4.69) is 15.9 Å². The molecule has 2 aromatic carbocycles. The number of hydrogen-bond donors (Lipinski definition) is 0. The average Bonchev–Trinajstić information content (AvgIpc) is 3.12. The summed E-state index contributed by atoms with van der Waals surface area (Å²) < 4.78 is 45.0. The number of halogens is 3. The zero-order chi connectivity index (χ0) is 17.1. The first-order valence-electron chi connectivity index (χ1n) is 7.33. The molecule has 1 aliphatic heterocycles. The van der Waals surface area contributed by atoms with E-state index in [0.29, 0.717) is 19.0 Å². The molecule has 0 bridgehead atoms. The number of hydrogen-bond acceptors (Lipinski definition) is 3. The Labute approximate surface area is 147 Å². The molecular weight excluding hydrogens is 382 g/mol. The van der Waals surface area contributed by atoms with Crippen LogP contribution in [0.3, 0.4) is 0 Å². The smallest absolute Gasteiger partial charge is 0.186 e. The van der Waals surface area contributed by atoms with Gasteiger partial charge in [0, 0.05) is 15.6 Å². The average molecular weight is 397 g/mol. The molecule has 1 saturated heterocycles. The molecule has 0 unspecified atom stereocenters. The topological polar surface area (TPSA) is 27.7 Å². The van der Waals surface area contributed by atoms with Gasteiger partial charge in [0.2, 0.25) is 0 Å². The van der Waals surface area contributed by atoms with Gasteiger partial charge in [-0.15, -0.1) is 0 Å². The SMILES string of the molecule is COc1ccc(Br)c(/C=C\c2ccc(C3OCCO3)c(F)c2F)c1. The molecule has 24 heavy (non-hydrogen) atoms. The molecule has 3 nitrogen and oxygen atoms in total. The van der Waals surface area contributed by atoms with E-state index in [9.17, 15) is 8.78 Å². The van der Waals surface area contributed by atoms with Gasteiger partial charge < -0.3 is 14.2 Å². The molecule has 1 fully saturated rings. The number of rotatable bonds is 4. The van der Waals surface area contributed by atoms with Crippen molar-refractivity contribution in [2.24, 2.45) is 0 Å². The van der Waals surface area contributed by atoms with Crippen molar-refractivity contribution in [3.8, 4) is 5.75 Å². The van der Waals surface area contributed by atoms with Crippen molar-refractivity contribution < 1.29 is 23.0 Å². The van der Waals surface area contributed by atoms with Crippen molar-refractivity contribution in [2.45, 2.75) is 6.29 Å². The standard InChI is InChI=1S/C18H15BrF2O3/c1-22-13-5-7-15(19)12(10-13)3-2-11-4-6-14(17(21)16(11)20)18-23-8-9-24-18/h2-7,10,18H,8-9H2,1H3/b3-2-. The van der Waals surface area contributed by atoms with Crippen LogP contribution in [-0.2, 0) is 9.47 Å². The third kappa shape index (κ3) is 3.50. The fraction of sp³-hybridized carbons (Fsp3) is 0.222. The van der Waals surface area contributed by atoms with Gasteiger partial charge in [-0.2, -0.15) is 0 Å². The Bertz CT molecular complexity index is 771. The van der Waals surface area contributed by atoms with Crippen molar-refractivity contribution in [2.75, 3.05) is 20.3 Å². The Balaban J connectivity index is 1.89. The number of methoxy groups -OCH3 is 1. The molecule has 0 atom stereocenters. The van der Waals surface area contributed by atoms with Gasteiger partial charge in [0.05, 0.1) is 20.3 Å². The maximum atomic E-state index is 14.3. The molecule has 0 radical (unpaired) electrons. The predicted molar refractivity (Wildman–Crippen MR) is 90.6 cm³/mol. The van der Waals surface area contributed by atoms with Crippen molar-refractivity contribution in [3.05, 3.63) is 63.1 Å². The molecule has 0 aromatic heterocycles. The lowest BCUT2D eigenvalue weighted by Gasteiger charge is -2.11. The summed E-state index contributed by atoms with van der Waals surface area (Å²) in [5.41, 5.74) is 1.01. The molecule has 2 aromatic rings. The summed E-state index contributed by atoms with van der Waals surface area (Å²) in [5.74, 6) is -1.20. The van der Waals surface area contributed by atoms with Crippen LogP contribution >= 0.6 is 15.9 Å². The highest BCUT2D eigenvalue weighted by Crippen LogP contribution is 2.29. The molecule has 0 saturated carbocycles. The monoisotopic (exact) mass is 396 g/mol. The van der Waals surface area contributed by atoms with Crippen molar-refractivity contribution in [1.82, 2.24) is 0 Å². The van der Waals surface area contributed by atoms with Gasteiger partial charge in [-0.1, -0.05) is 40.2 Å². The van der Waals surface area contributed by atoms with Gasteiger partial charge >= 0.3 is 0 Å². The maximum Gasteiger partial charge on any atom is 0.186 e. The second kappa shape index (κ2) is 7.42. The van der Waals surface area contributed by atoms with E-state index in [4.69, 9.17) is 14.2 Å². The Morgan fingerprint density at radius 2 is 1.75 bits per heavy atom. The fourth-order valence-corrected chi connectivity index (χ4v) is 2.76. The zero-order valence-electron chi connectivity index (χ0n) is 12.9. The summed E-state index contributed by atoms with van der Waals surface area (Å²) in [6.45, 7) is 0.745. The molecule has 6 heteroatoms. The lowest BCUT2D eigenvalue weighted by Crippen LogP contribution is -2.04. The minimum Gasteiger partial charge on any atom is -0.497 e. The third-order valence-corrected chi connectivity index (χ3v) is 4.39. The Hall–Kier alpha value is -1.76. The van der Waals surface area contributed by atoms with Gasteiger partial charge in [0.15, 0.2) is 17.9 Å². The molecule has 126 valence electrons. The molecular formula is C18H15BrF2O3. The van der Waals surface area contributed by atoms with E-state index in [1.165, 1.54) is 18.2 Å². The quantitative estimate of drug-likeness (QED) is 0.684. The van der Waals surface area contributed by atoms with Crippen LogP contribution in [0.1, 0.15) is 23.0 Å². The summed E-state index contributed by atoms with van der Waals surface area (Å²) in [6, 6.07) is 8.41. The van der Waals surface area contributed by atoms with Crippen LogP contribution < -0.4 is 4.74 Å². The summed E-state index contributed by atoms with van der Waals surface area (Å²) >= 11 is 3.41.